The molecule has 0 unspecified atom stereocenters. The Bertz CT molecular complexity index is 911. The second-order valence-corrected chi connectivity index (χ2v) is 9.24. The van der Waals surface area contributed by atoms with E-state index in [0.717, 1.165) is 12.2 Å². The van der Waals surface area contributed by atoms with E-state index in [1.54, 1.807) is 23.5 Å². The van der Waals surface area contributed by atoms with Crippen LogP contribution >= 0.6 is 11.3 Å². The van der Waals surface area contributed by atoms with E-state index in [1.165, 1.54) is 16.0 Å². The lowest BCUT2D eigenvalue weighted by Crippen LogP contribution is -2.48. The molecule has 6 nitrogen and oxygen atoms in total. The highest BCUT2D eigenvalue weighted by Crippen LogP contribution is 2.34. The average molecular weight is 471 g/mol. The van der Waals surface area contributed by atoms with Gasteiger partial charge in [-0.05, 0) is 42.5 Å². The van der Waals surface area contributed by atoms with E-state index in [4.69, 9.17) is 9.47 Å². The summed E-state index contributed by atoms with van der Waals surface area (Å²) in [6, 6.07) is 9.92. The van der Waals surface area contributed by atoms with Crippen LogP contribution in [0.3, 0.4) is 0 Å². The van der Waals surface area contributed by atoms with Crippen molar-refractivity contribution in [2.75, 3.05) is 46.0 Å². The molecule has 178 valence electrons. The first-order valence-electron chi connectivity index (χ1n) is 11.3. The molecule has 3 rings (SSSR count). The van der Waals surface area contributed by atoms with Crippen molar-refractivity contribution >= 4 is 17.2 Å². The highest BCUT2D eigenvalue weighted by atomic mass is 32.1. The Morgan fingerprint density at radius 1 is 1.30 bits per heavy atom. The number of thiophene rings is 1. The van der Waals surface area contributed by atoms with Gasteiger partial charge < -0.3 is 19.5 Å². The summed E-state index contributed by atoms with van der Waals surface area (Å²) in [5, 5.41) is 12.4. The van der Waals surface area contributed by atoms with Gasteiger partial charge in [-0.15, -0.1) is 24.5 Å². The van der Waals surface area contributed by atoms with Gasteiger partial charge in [-0.1, -0.05) is 29.8 Å². The fourth-order valence-corrected chi connectivity index (χ4v) is 4.92. The summed E-state index contributed by atoms with van der Waals surface area (Å²) in [6.07, 6.45) is 3.55. The molecule has 7 heteroatoms. The number of hydrogen-bond acceptors (Lipinski definition) is 6. The molecule has 0 fully saturated rings. The normalized spacial score (nSPS) is 16.3. The molecule has 1 aliphatic rings. The van der Waals surface area contributed by atoms with Crippen molar-refractivity contribution in [3.8, 4) is 5.75 Å². The number of aliphatic hydroxyl groups excluding tert-OH is 1. The Morgan fingerprint density at radius 3 is 2.82 bits per heavy atom. The van der Waals surface area contributed by atoms with Crippen molar-refractivity contribution in [1.29, 1.82) is 0 Å². The maximum atomic E-state index is 13.4. The molecule has 0 radical (unpaired) electrons. The molecule has 33 heavy (non-hydrogen) atoms. The third-order valence-corrected chi connectivity index (χ3v) is 6.60. The Balaban J connectivity index is 1.67. The molecular weight excluding hydrogens is 436 g/mol. The lowest BCUT2D eigenvalue weighted by Gasteiger charge is -2.37. The maximum Gasteiger partial charge on any atom is 0.237 e. The second-order valence-electron chi connectivity index (χ2n) is 8.24. The summed E-state index contributed by atoms with van der Waals surface area (Å²) >= 11 is 1.74. The number of fused-ring (bicyclic) bond motifs is 1. The Labute approximate surface area is 200 Å². The monoisotopic (exact) mass is 470 g/mol. The van der Waals surface area contributed by atoms with E-state index >= 15 is 0 Å². The maximum absolute atomic E-state index is 13.4. The number of ether oxygens (including phenoxy) is 2. The zero-order chi connectivity index (χ0) is 23.6. The Kier molecular flexibility index (Phi) is 9.69. The molecule has 0 saturated carbocycles. The fourth-order valence-electron chi connectivity index (χ4n) is 3.99. The van der Waals surface area contributed by atoms with Crippen molar-refractivity contribution in [3.63, 3.8) is 0 Å². The first kappa shape index (κ1) is 25.2. The minimum absolute atomic E-state index is 0.0189. The lowest BCUT2D eigenvalue weighted by molar-refractivity contribution is -0.136. The Hall–Kier alpha value is -2.45. The first-order chi connectivity index (χ1) is 16.0. The number of amides is 1. The number of carbonyl (C=O) groups excluding carboxylic acids is 1. The zero-order valence-electron chi connectivity index (χ0n) is 19.3. The van der Waals surface area contributed by atoms with Crippen molar-refractivity contribution in [1.82, 2.24) is 9.80 Å². The van der Waals surface area contributed by atoms with E-state index in [2.05, 4.69) is 24.6 Å². The molecule has 0 spiro atoms. The molecule has 2 atom stereocenters. The van der Waals surface area contributed by atoms with E-state index < -0.39 is 6.10 Å². The van der Waals surface area contributed by atoms with Crippen LogP contribution in [-0.2, 0) is 16.0 Å². The molecule has 0 saturated heterocycles. The smallest absolute Gasteiger partial charge is 0.237 e. The molecule has 1 aromatic heterocycles. The molecular formula is C26H34N2O4S. The van der Waals surface area contributed by atoms with Crippen LogP contribution in [0, 0.1) is 6.92 Å². The number of aryl methyl sites for hydroxylation is 1. The standard InChI is InChI=1S/C26H34N2O4S/c1-4-12-27(16-21(29)18-31-14-5-2)17-26(30)28-13-10-25-23(11-15-33-25)24(28)19-32-22-8-6-20(3)7-9-22/h4-9,11,15,21,24,29H,1-2,10,12-14,16-19H2,3H3/t21-,24-/m1/s1. The van der Waals surface area contributed by atoms with E-state index in [-0.39, 0.29) is 25.1 Å². The quantitative estimate of drug-likeness (QED) is 0.358. The van der Waals surface area contributed by atoms with Gasteiger partial charge in [0.25, 0.3) is 0 Å². The number of carbonyl (C=O) groups is 1. The molecule has 1 amide bonds. The van der Waals surface area contributed by atoms with Gasteiger partial charge in [-0.3, -0.25) is 9.69 Å². The Morgan fingerprint density at radius 2 is 2.09 bits per heavy atom. The first-order valence-corrected chi connectivity index (χ1v) is 12.1. The summed E-state index contributed by atoms with van der Waals surface area (Å²) in [5.41, 5.74) is 2.34. The van der Waals surface area contributed by atoms with Crippen LogP contribution < -0.4 is 4.74 Å². The van der Waals surface area contributed by atoms with Crippen LogP contribution in [-0.4, -0.2) is 72.9 Å². The summed E-state index contributed by atoms with van der Waals surface area (Å²) in [5.74, 6) is 0.816. The van der Waals surface area contributed by atoms with Crippen LogP contribution in [0.4, 0.5) is 0 Å². The SMILES string of the molecule is C=CCOC[C@H](O)CN(CC=C)CC(=O)N1CCc2sccc2[C@H]1COc1ccc(C)cc1. The van der Waals surface area contributed by atoms with Gasteiger partial charge in [-0.2, -0.15) is 0 Å². The molecule has 1 aromatic carbocycles. The fraction of sp³-hybridized carbons (Fsp3) is 0.423. The van der Waals surface area contributed by atoms with Gasteiger partial charge in [-0.25, -0.2) is 0 Å². The predicted molar refractivity (Wildman–Crippen MR) is 133 cm³/mol. The molecule has 0 aliphatic carbocycles. The lowest BCUT2D eigenvalue weighted by atomic mass is 10.0. The summed E-state index contributed by atoms with van der Waals surface area (Å²) in [7, 11) is 0. The van der Waals surface area contributed by atoms with Crippen LogP contribution in [0.15, 0.2) is 61.0 Å². The zero-order valence-corrected chi connectivity index (χ0v) is 20.1. The molecule has 1 aliphatic heterocycles. The second kappa shape index (κ2) is 12.7. The summed E-state index contributed by atoms with van der Waals surface area (Å²) in [4.78, 5) is 18.5. The van der Waals surface area contributed by atoms with Gasteiger partial charge in [0.05, 0.1) is 31.9 Å². The minimum Gasteiger partial charge on any atom is -0.491 e. The number of benzene rings is 1. The van der Waals surface area contributed by atoms with Crippen molar-refractivity contribution in [2.45, 2.75) is 25.5 Å². The third kappa shape index (κ3) is 7.27. The predicted octanol–water partition coefficient (Wildman–Crippen LogP) is 3.61. The van der Waals surface area contributed by atoms with Crippen molar-refractivity contribution < 1.29 is 19.4 Å². The number of aliphatic hydroxyl groups is 1. The van der Waals surface area contributed by atoms with Gasteiger partial charge in [0.2, 0.25) is 5.91 Å². The highest BCUT2D eigenvalue weighted by molar-refractivity contribution is 7.10. The van der Waals surface area contributed by atoms with Crippen LogP contribution in [0.25, 0.3) is 0 Å². The topological polar surface area (TPSA) is 62.2 Å². The summed E-state index contributed by atoms with van der Waals surface area (Å²) < 4.78 is 11.4. The van der Waals surface area contributed by atoms with Crippen molar-refractivity contribution in [3.05, 3.63) is 77.0 Å². The van der Waals surface area contributed by atoms with E-state index in [0.29, 0.717) is 32.8 Å². The van der Waals surface area contributed by atoms with Gasteiger partial charge in [0.15, 0.2) is 0 Å². The van der Waals surface area contributed by atoms with Gasteiger partial charge in [0, 0.05) is 24.5 Å². The van der Waals surface area contributed by atoms with Gasteiger partial charge >= 0.3 is 0 Å². The summed E-state index contributed by atoms with van der Waals surface area (Å²) in [6.45, 7) is 12.1. The van der Waals surface area contributed by atoms with Crippen LogP contribution in [0.1, 0.15) is 22.0 Å². The largest absolute Gasteiger partial charge is 0.491 e. The minimum atomic E-state index is -0.691. The number of hydrogen-bond donors (Lipinski definition) is 1. The van der Waals surface area contributed by atoms with Crippen LogP contribution in [0.2, 0.25) is 0 Å². The number of nitrogens with zero attached hydrogens (tertiary/aromatic N) is 2. The molecule has 2 aromatic rings. The van der Waals surface area contributed by atoms with Gasteiger partial charge in [0.1, 0.15) is 12.4 Å². The van der Waals surface area contributed by atoms with E-state index in [9.17, 15) is 9.90 Å². The molecule has 2 heterocycles. The molecule has 0 bridgehead atoms. The third-order valence-electron chi connectivity index (χ3n) is 5.61. The van der Waals surface area contributed by atoms with E-state index in [1.807, 2.05) is 41.0 Å². The average Bonchev–Trinajstić information content (AvgIpc) is 3.28. The highest BCUT2D eigenvalue weighted by Gasteiger charge is 2.33. The molecule has 1 N–H and O–H groups in total. The van der Waals surface area contributed by atoms with Crippen molar-refractivity contribution in [2.24, 2.45) is 0 Å². The van der Waals surface area contributed by atoms with Crippen LogP contribution in [0.5, 0.6) is 5.75 Å². The number of rotatable bonds is 13.